The molecule has 0 radical (unpaired) electrons. The van der Waals surface area contributed by atoms with Crippen molar-refractivity contribution < 1.29 is 28.6 Å². The molecule has 0 aromatic heterocycles. The minimum absolute atomic E-state index is 0.107. The third-order valence-corrected chi connectivity index (χ3v) is 11.1. The van der Waals surface area contributed by atoms with Crippen molar-refractivity contribution in [3.63, 3.8) is 0 Å². The van der Waals surface area contributed by atoms with Gasteiger partial charge in [-0.15, -0.1) is 0 Å². The molecule has 1 atom stereocenters. The van der Waals surface area contributed by atoms with Crippen molar-refractivity contribution in [2.24, 2.45) is 0 Å². The second-order valence-electron chi connectivity index (χ2n) is 17.4. The van der Waals surface area contributed by atoms with Gasteiger partial charge in [-0.25, -0.2) is 0 Å². The lowest BCUT2D eigenvalue weighted by molar-refractivity contribution is -0.166. The summed E-state index contributed by atoms with van der Waals surface area (Å²) in [6, 6.07) is 0. The van der Waals surface area contributed by atoms with Crippen LogP contribution in [0.25, 0.3) is 0 Å². The average Bonchev–Trinajstić information content (AvgIpc) is 3.30. The fraction of sp³-hybridized carbons (Fsp3) is 0.678. The van der Waals surface area contributed by atoms with Crippen molar-refractivity contribution in [3.8, 4) is 0 Å². The van der Waals surface area contributed by atoms with Gasteiger partial charge in [0.15, 0.2) is 6.10 Å². The fourth-order valence-corrected chi connectivity index (χ4v) is 7.09. The Labute approximate surface area is 400 Å². The number of esters is 3. The van der Waals surface area contributed by atoms with Crippen molar-refractivity contribution in [2.75, 3.05) is 13.2 Å². The Kier molecular flexibility index (Phi) is 50.0. The number of unbranched alkanes of at least 4 members (excludes halogenated alkanes) is 20. The minimum Gasteiger partial charge on any atom is -0.462 e. The molecule has 0 amide bonds. The highest BCUT2D eigenvalue weighted by Gasteiger charge is 2.19. The van der Waals surface area contributed by atoms with Crippen molar-refractivity contribution in [1.29, 1.82) is 0 Å². The summed E-state index contributed by atoms with van der Waals surface area (Å²) in [7, 11) is 0. The van der Waals surface area contributed by atoms with Crippen LogP contribution in [0.5, 0.6) is 0 Å². The minimum atomic E-state index is -0.812. The molecular formula is C59H98O6. The zero-order valence-corrected chi connectivity index (χ0v) is 42.2. The largest absolute Gasteiger partial charge is 0.462 e. The van der Waals surface area contributed by atoms with Crippen LogP contribution in [0.3, 0.4) is 0 Å². The van der Waals surface area contributed by atoms with Crippen LogP contribution in [0.1, 0.15) is 239 Å². The first kappa shape index (κ1) is 61.3. The number of carbonyl (C=O) groups is 3. The predicted molar refractivity (Wildman–Crippen MR) is 279 cm³/mol. The summed E-state index contributed by atoms with van der Waals surface area (Å²) in [5.41, 5.74) is 0. The van der Waals surface area contributed by atoms with Crippen LogP contribution < -0.4 is 0 Å². The Balaban J connectivity index is 4.51. The van der Waals surface area contributed by atoms with E-state index in [1.54, 1.807) is 0 Å². The van der Waals surface area contributed by atoms with E-state index in [9.17, 15) is 14.4 Å². The lowest BCUT2D eigenvalue weighted by atomic mass is 10.0. The van der Waals surface area contributed by atoms with Gasteiger partial charge < -0.3 is 14.2 Å². The SMILES string of the molecule is CCC=CCC=CCC=CCC=CCC=CCC=CCCC(=O)OCC(COC(=O)CCCCCCCC=CCC=CCCCCC)OC(=O)CCCCCCCCCCCCCCC. The molecule has 0 aromatic rings. The van der Waals surface area contributed by atoms with Gasteiger partial charge in [0.2, 0.25) is 0 Å². The fourth-order valence-electron chi connectivity index (χ4n) is 7.09. The first-order valence-corrected chi connectivity index (χ1v) is 26.7. The maximum absolute atomic E-state index is 12.8. The summed E-state index contributed by atoms with van der Waals surface area (Å²) in [6.07, 6.45) is 69.7. The van der Waals surface area contributed by atoms with Crippen LogP contribution in [0.15, 0.2) is 97.2 Å². The van der Waals surface area contributed by atoms with Crippen molar-refractivity contribution in [1.82, 2.24) is 0 Å². The van der Waals surface area contributed by atoms with Gasteiger partial charge in [-0.1, -0.05) is 227 Å². The van der Waals surface area contributed by atoms with Gasteiger partial charge >= 0.3 is 17.9 Å². The van der Waals surface area contributed by atoms with E-state index in [4.69, 9.17) is 14.2 Å². The number of ether oxygens (including phenoxy) is 3. The van der Waals surface area contributed by atoms with E-state index in [1.807, 2.05) is 6.08 Å². The molecule has 0 N–H and O–H groups in total. The van der Waals surface area contributed by atoms with Gasteiger partial charge in [0, 0.05) is 19.3 Å². The van der Waals surface area contributed by atoms with Crippen LogP contribution in [-0.2, 0) is 28.6 Å². The molecule has 1 unspecified atom stereocenters. The highest BCUT2D eigenvalue weighted by molar-refractivity contribution is 5.71. The summed E-state index contributed by atoms with van der Waals surface area (Å²) in [5, 5.41) is 0. The van der Waals surface area contributed by atoms with Crippen LogP contribution in [-0.4, -0.2) is 37.2 Å². The Morgan fingerprint density at radius 3 is 1.06 bits per heavy atom. The molecule has 0 rings (SSSR count). The first-order valence-electron chi connectivity index (χ1n) is 26.7. The Hall–Kier alpha value is -3.67. The van der Waals surface area contributed by atoms with E-state index >= 15 is 0 Å². The maximum atomic E-state index is 12.8. The van der Waals surface area contributed by atoms with Crippen LogP contribution >= 0.6 is 0 Å². The summed E-state index contributed by atoms with van der Waals surface area (Å²) >= 11 is 0. The van der Waals surface area contributed by atoms with E-state index in [2.05, 4.69) is 112 Å². The second-order valence-corrected chi connectivity index (χ2v) is 17.4. The summed E-state index contributed by atoms with van der Waals surface area (Å²) in [4.78, 5) is 38.0. The zero-order chi connectivity index (χ0) is 47.2. The van der Waals surface area contributed by atoms with Gasteiger partial charge in [0.25, 0.3) is 0 Å². The van der Waals surface area contributed by atoms with E-state index in [0.717, 1.165) is 103 Å². The predicted octanol–water partition coefficient (Wildman–Crippen LogP) is 17.8. The quantitative estimate of drug-likeness (QED) is 0.0262. The Morgan fingerprint density at radius 1 is 0.323 bits per heavy atom. The lowest BCUT2D eigenvalue weighted by Gasteiger charge is -2.18. The molecule has 0 heterocycles. The summed E-state index contributed by atoms with van der Waals surface area (Å²) in [5.74, 6) is -1.01. The Morgan fingerprint density at radius 2 is 0.631 bits per heavy atom. The molecule has 0 saturated heterocycles. The molecule has 0 aliphatic rings. The third kappa shape index (κ3) is 51.2. The molecule has 6 heteroatoms. The van der Waals surface area contributed by atoms with E-state index in [1.165, 1.54) is 89.9 Å². The molecule has 370 valence electrons. The summed E-state index contributed by atoms with van der Waals surface area (Å²) in [6.45, 7) is 6.42. The number of hydrogen-bond acceptors (Lipinski definition) is 6. The molecule has 6 nitrogen and oxygen atoms in total. The number of carbonyl (C=O) groups excluding carboxylic acids is 3. The van der Waals surface area contributed by atoms with Crippen LogP contribution in [0.2, 0.25) is 0 Å². The normalized spacial score (nSPS) is 12.8. The maximum Gasteiger partial charge on any atom is 0.306 e. The van der Waals surface area contributed by atoms with Gasteiger partial charge in [-0.05, 0) is 89.9 Å². The molecule has 65 heavy (non-hydrogen) atoms. The van der Waals surface area contributed by atoms with Crippen LogP contribution in [0, 0.1) is 0 Å². The zero-order valence-electron chi connectivity index (χ0n) is 42.2. The van der Waals surface area contributed by atoms with Crippen molar-refractivity contribution >= 4 is 17.9 Å². The Bertz CT molecular complexity index is 1310. The van der Waals surface area contributed by atoms with Gasteiger partial charge in [-0.2, -0.15) is 0 Å². The molecule has 0 saturated carbocycles. The second kappa shape index (κ2) is 52.9. The molecule has 0 bridgehead atoms. The lowest BCUT2D eigenvalue weighted by Crippen LogP contribution is -2.30. The highest BCUT2D eigenvalue weighted by Crippen LogP contribution is 2.14. The molecule has 0 aromatic carbocycles. The van der Waals surface area contributed by atoms with Gasteiger partial charge in [-0.3, -0.25) is 14.4 Å². The van der Waals surface area contributed by atoms with E-state index in [-0.39, 0.29) is 37.5 Å². The smallest absolute Gasteiger partial charge is 0.306 e. The third-order valence-electron chi connectivity index (χ3n) is 11.1. The molecule has 0 fully saturated rings. The topological polar surface area (TPSA) is 78.9 Å². The standard InChI is InChI=1S/C59H98O6/c1-4-7-10-13-16-19-22-25-27-28-29-30-32-35-37-40-43-46-49-52-58(61)64-55-56(65-59(62)53-50-47-44-41-38-33-24-21-18-15-12-9-6-3)54-63-57(60)51-48-45-42-39-36-34-31-26-23-20-17-14-11-8-5-2/h7,10,16-17,19-20,25-27,29-31,35,37,43,46,56H,4-6,8-9,11-15,18,21-24,28,32-34,36,38-42,44-45,47-55H2,1-3H3. The van der Waals surface area contributed by atoms with Gasteiger partial charge in [0.05, 0.1) is 0 Å². The monoisotopic (exact) mass is 903 g/mol. The average molecular weight is 903 g/mol. The van der Waals surface area contributed by atoms with Crippen molar-refractivity contribution in [2.45, 2.75) is 245 Å². The van der Waals surface area contributed by atoms with Gasteiger partial charge in [0.1, 0.15) is 13.2 Å². The van der Waals surface area contributed by atoms with E-state index < -0.39 is 6.10 Å². The molecular weight excluding hydrogens is 805 g/mol. The summed E-state index contributed by atoms with van der Waals surface area (Å²) < 4.78 is 16.7. The molecule has 0 aliphatic carbocycles. The first-order chi connectivity index (χ1) is 32.0. The number of allylic oxidation sites excluding steroid dienone is 16. The van der Waals surface area contributed by atoms with Crippen molar-refractivity contribution in [3.05, 3.63) is 97.2 Å². The highest BCUT2D eigenvalue weighted by atomic mass is 16.6. The molecule has 0 aliphatic heterocycles. The van der Waals surface area contributed by atoms with E-state index in [0.29, 0.717) is 19.3 Å². The molecule has 0 spiro atoms. The number of rotatable bonds is 47. The van der Waals surface area contributed by atoms with Crippen LogP contribution in [0.4, 0.5) is 0 Å². The number of hydrogen-bond donors (Lipinski definition) is 0.